The fraction of sp³-hybridized carbons (Fsp3) is 0. The van der Waals surface area contributed by atoms with Crippen LogP contribution in [0.5, 0.6) is 0 Å². The van der Waals surface area contributed by atoms with Crippen molar-refractivity contribution in [2.75, 3.05) is 0 Å². The third-order valence-electron chi connectivity index (χ3n) is 10.9. The molecular formula is C52H31N5S. The van der Waals surface area contributed by atoms with Gasteiger partial charge in [0.05, 0.1) is 28.4 Å². The standard InChI is InChI=1S/C52H31N5S/c53-32-33-28-37(40-21-13-22-44-43-20-9-12-25-48(43)58-49(40)44)30-38(29-33)52-55-50(35-16-5-2-6-17-35)54-51(56-52)36-26-27-39(34-14-3-1-4-15-34)47(31-36)57-45-23-10-7-18-41(45)42-19-8-11-24-46(42)57/h1-31H. The largest absolute Gasteiger partial charge is 0.309 e. The van der Waals surface area contributed by atoms with Crippen molar-refractivity contribution >= 4 is 53.3 Å². The number of rotatable bonds is 6. The van der Waals surface area contributed by atoms with Gasteiger partial charge in [0, 0.05) is 53.2 Å². The molecule has 6 heteroatoms. The van der Waals surface area contributed by atoms with Crippen molar-refractivity contribution in [3.8, 4) is 68.2 Å². The quantitative estimate of drug-likeness (QED) is 0.169. The third kappa shape index (κ3) is 5.64. The van der Waals surface area contributed by atoms with Gasteiger partial charge >= 0.3 is 0 Å². The van der Waals surface area contributed by atoms with Crippen LogP contribution in [0.2, 0.25) is 0 Å². The number of hydrogen-bond acceptors (Lipinski definition) is 5. The second kappa shape index (κ2) is 13.8. The molecule has 11 rings (SSSR count). The smallest absolute Gasteiger partial charge is 0.164 e. The van der Waals surface area contributed by atoms with E-state index >= 15 is 0 Å². The zero-order valence-corrected chi connectivity index (χ0v) is 31.9. The van der Waals surface area contributed by atoms with E-state index in [1.807, 2.05) is 48.5 Å². The number of para-hydroxylation sites is 2. The van der Waals surface area contributed by atoms with Gasteiger partial charge in [-0.15, -0.1) is 11.3 Å². The Labute approximate surface area is 338 Å². The zero-order valence-electron chi connectivity index (χ0n) is 31.0. The minimum absolute atomic E-state index is 0.497. The van der Waals surface area contributed by atoms with Gasteiger partial charge in [-0.1, -0.05) is 146 Å². The highest BCUT2D eigenvalue weighted by atomic mass is 32.1. The fourth-order valence-corrected chi connectivity index (χ4v) is 9.44. The Kier molecular flexibility index (Phi) is 7.99. The molecule has 0 aliphatic carbocycles. The average Bonchev–Trinajstić information content (AvgIpc) is 3.85. The number of benzene rings is 8. The molecule has 0 bridgehead atoms. The van der Waals surface area contributed by atoms with Gasteiger partial charge in [-0.05, 0) is 59.2 Å². The molecule has 0 radical (unpaired) electrons. The summed E-state index contributed by atoms with van der Waals surface area (Å²) in [6.45, 7) is 0. The van der Waals surface area contributed by atoms with Crippen LogP contribution in [-0.2, 0) is 0 Å². The molecule has 0 fully saturated rings. The summed E-state index contributed by atoms with van der Waals surface area (Å²) in [6, 6.07) is 67.4. The molecule has 270 valence electrons. The minimum atomic E-state index is 0.497. The summed E-state index contributed by atoms with van der Waals surface area (Å²) in [5.74, 6) is 1.60. The molecule has 5 nitrogen and oxygen atoms in total. The molecule has 3 heterocycles. The van der Waals surface area contributed by atoms with E-state index in [9.17, 15) is 5.26 Å². The summed E-state index contributed by atoms with van der Waals surface area (Å²) in [7, 11) is 0. The van der Waals surface area contributed by atoms with Crippen molar-refractivity contribution < 1.29 is 0 Å². The topological polar surface area (TPSA) is 67.4 Å². The molecular weight excluding hydrogens is 727 g/mol. The molecule has 0 aliphatic heterocycles. The van der Waals surface area contributed by atoms with Crippen LogP contribution in [0, 0.1) is 11.3 Å². The number of nitrogens with zero attached hydrogens (tertiary/aromatic N) is 5. The summed E-state index contributed by atoms with van der Waals surface area (Å²) in [5, 5.41) is 15.2. The predicted octanol–water partition coefficient (Wildman–Crippen LogP) is 13.5. The van der Waals surface area contributed by atoms with Gasteiger partial charge in [-0.25, -0.2) is 15.0 Å². The first-order valence-electron chi connectivity index (χ1n) is 19.2. The molecule has 0 amide bonds. The molecule has 0 atom stereocenters. The number of fused-ring (bicyclic) bond motifs is 6. The monoisotopic (exact) mass is 757 g/mol. The summed E-state index contributed by atoms with van der Waals surface area (Å²) >= 11 is 1.77. The van der Waals surface area contributed by atoms with E-state index in [4.69, 9.17) is 15.0 Å². The SMILES string of the molecule is N#Cc1cc(-c2nc(-c3ccccc3)nc(-c3ccc(-c4ccccc4)c(-n4c5ccccc5c5ccccc54)c3)n2)cc(-c2cccc3c2sc2ccccc23)c1. The van der Waals surface area contributed by atoms with Crippen LogP contribution in [0.3, 0.4) is 0 Å². The lowest BCUT2D eigenvalue weighted by molar-refractivity contribution is 1.07. The van der Waals surface area contributed by atoms with E-state index in [2.05, 4.69) is 150 Å². The molecule has 11 aromatic rings. The van der Waals surface area contributed by atoms with Gasteiger partial charge in [-0.3, -0.25) is 0 Å². The Morgan fingerprint density at radius 3 is 1.69 bits per heavy atom. The lowest BCUT2D eigenvalue weighted by Crippen LogP contribution is -2.02. The maximum atomic E-state index is 10.4. The van der Waals surface area contributed by atoms with Gasteiger partial charge in [0.15, 0.2) is 17.5 Å². The fourth-order valence-electron chi connectivity index (χ4n) is 8.20. The van der Waals surface area contributed by atoms with Gasteiger partial charge in [0.2, 0.25) is 0 Å². The predicted molar refractivity (Wildman–Crippen MR) is 239 cm³/mol. The molecule has 0 spiro atoms. The Bertz CT molecular complexity index is 3360. The second-order valence-corrected chi connectivity index (χ2v) is 15.4. The van der Waals surface area contributed by atoms with Crippen LogP contribution in [0.25, 0.3) is 104 Å². The maximum absolute atomic E-state index is 10.4. The van der Waals surface area contributed by atoms with E-state index in [1.165, 1.54) is 30.9 Å². The van der Waals surface area contributed by atoms with Crippen LogP contribution < -0.4 is 0 Å². The molecule has 0 saturated heterocycles. The Balaban J connectivity index is 1.14. The number of aromatic nitrogens is 4. The van der Waals surface area contributed by atoms with Crippen molar-refractivity contribution in [3.05, 3.63) is 194 Å². The first kappa shape index (κ1) is 33.6. The van der Waals surface area contributed by atoms with Crippen molar-refractivity contribution in [2.24, 2.45) is 0 Å². The van der Waals surface area contributed by atoms with Crippen LogP contribution >= 0.6 is 11.3 Å². The molecule has 58 heavy (non-hydrogen) atoms. The highest BCUT2D eigenvalue weighted by Crippen LogP contribution is 2.42. The van der Waals surface area contributed by atoms with Crippen molar-refractivity contribution in [1.82, 2.24) is 19.5 Å². The van der Waals surface area contributed by atoms with E-state index in [0.717, 1.165) is 55.7 Å². The Morgan fingerprint density at radius 2 is 0.983 bits per heavy atom. The highest BCUT2D eigenvalue weighted by Gasteiger charge is 2.20. The second-order valence-electron chi connectivity index (χ2n) is 14.3. The normalized spacial score (nSPS) is 11.4. The number of nitriles is 1. The lowest BCUT2D eigenvalue weighted by atomic mass is 9.98. The van der Waals surface area contributed by atoms with Gasteiger partial charge in [0.1, 0.15) is 0 Å². The molecule has 0 aliphatic rings. The van der Waals surface area contributed by atoms with Gasteiger partial charge < -0.3 is 4.57 Å². The highest BCUT2D eigenvalue weighted by molar-refractivity contribution is 7.26. The Hall–Kier alpha value is -7.72. The van der Waals surface area contributed by atoms with Gasteiger partial charge in [0.25, 0.3) is 0 Å². The van der Waals surface area contributed by atoms with Crippen molar-refractivity contribution in [1.29, 1.82) is 5.26 Å². The summed E-state index contributed by atoms with van der Waals surface area (Å²) in [6.07, 6.45) is 0. The van der Waals surface area contributed by atoms with Crippen molar-refractivity contribution in [2.45, 2.75) is 0 Å². The minimum Gasteiger partial charge on any atom is -0.309 e. The summed E-state index contributed by atoms with van der Waals surface area (Å²) in [5.41, 5.74) is 10.5. The number of hydrogen-bond donors (Lipinski definition) is 0. The van der Waals surface area contributed by atoms with Crippen LogP contribution in [0.4, 0.5) is 0 Å². The first-order chi connectivity index (χ1) is 28.7. The maximum Gasteiger partial charge on any atom is 0.164 e. The van der Waals surface area contributed by atoms with E-state index in [-0.39, 0.29) is 0 Å². The molecule has 3 aromatic heterocycles. The van der Waals surface area contributed by atoms with Crippen LogP contribution in [0.15, 0.2) is 188 Å². The summed E-state index contributed by atoms with van der Waals surface area (Å²) < 4.78 is 4.77. The molecule has 0 saturated carbocycles. The van der Waals surface area contributed by atoms with E-state index in [0.29, 0.717) is 23.0 Å². The number of thiophene rings is 1. The molecule has 0 N–H and O–H groups in total. The van der Waals surface area contributed by atoms with Crippen molar-refractivity contribution in [3.63, 3.8) is 0 Å². The first-order valence-corrected chi connectivity index (χ1v) is 20.0. The molecule has 8 aromatic carbocycles. The third-order valence-corrected chi connectivity index (χ3v) is 12.1. The molecule has 0 unspecified atom stereocenters. The van der Waals surface area contributed by atoms with Gasteiger partial charge in [-0.2, -0.15) is 5.26 Å². The lowest BCUT2D eigenvalue weighted by Gasteiger charge is -2.16. The van der Waals surface area contributed by atoms with E-state index in [1.54, 1.807) is 11.3 Å². The van der Waals surface area contributed by atoms with Crippen LogP contribution in [0.1, 0.15) is 5.56 Å². The zero-order chi connectivity index (χ0) is 38.6. The Morgan fingerprint density at radius 1 is 0.414 bits per heavy atom. The summed E-state index contributed by atoms with van der Waals surface area (Å²) in [4.78, 5) is 15.5. The van der Waals surface area contributed by atoms with E-state index < -0.39 is 0 Å². The van der Waals surface area contributed by atoms with Crippen LogP contribution in [-0.4, -0.2) is 19.5 Å². The average molecular weight is 758 g/mol.